The molecule has 1 saturated heterocycles. The van der Waals surface area contributed by atoms with Gasteiger partial charge in [-0.3, -0.25) is 9.59 Å². The molecule has 4 rings (SSSR count). The van der Waals surface area contributed by atoms with Crippen LogP contribution in [0.5, 0.6) is 6.01 Å². The van der Waals surface area contributed by atoms with Gasteiger partial charge in [-0.15, -0.1) is 0 Å². The van der Waals surface area contributed by atoms with Gasteiger partial charge in [-0.2, -0.15) is 4.98 Å². The molecule has 0 unspecified atom stereocenters. The number of carbonyl (C=O) groups is 2. The van der Waals surface area contributed by atoms with Gasteiger partial charge in [0.1, 0.15) is 11.2 Å². The van der Waals surface area contributed by atoms with Crippen LogP contribution in [0.2, 0.25) is 0 Å². The first-order valence-electron chi connectivity index (χ1n) is 12.1. The molecular formula is C26H30FN5O6. The highest BCUT2D eigenvalue weighted by atomic mass is 19.1. The van der Waals surface area contributed by atoms with Gasteiger partial charge in [-0.25, -0.2) is 14.4 Å². The van der Waals surface area contributed by atoms with Crippen LogP contribution in [0.1, 0.15) is 40.4 Å². The average Bonchev–Trinajstić information content (AvgIpc) is 3.30. The lowest BCUT2D eigenvalue weighted by molar-refractivity contribution is -0.294. The quantitative estimate of drug-likeness (QED) is 0.421. The van der Waals surface area contributed by atoms with E-state index in [1.807, 2.05) is 13.8 Å². The molecule has 0 spiro atoms. The summed E-state index contributed by atoms with van der Waals surface area (Å²) in [5.74, 6) is -4.13. The van der Waals surface area contributed by atoms with Crippen LogP contribution in [0.4, 0.5) is 4.39 Å². The molecule has 1 amide bonds. The summed E-state index contributed by atoms with van der Waals surface area (Å²) < 4.78 is 36.3. The molecular weight excluding hydrogens is 497 g/mol. The number of halogens is 1. The molecule has 3 heterocycles. The zero-order chi connectivity index (χ0) is 27.7. The normalized spacial score (nSPS) is 21.5. The van der Waals surface area contributed by atoms with Crippen molar-refractivity contribution in [1.82, 2.24) is 19.9 Å². The van der Waals surface area contributed by atoms with Crippen molar-refractivity contribution in [3.8, 4) is 28.7 Å². The summed E-state index contributed by atoms with van der Waals surface area (Å²) in [4.78, 5) is 41.6. The Labute approximate surface area is 218 Å². The molecule has 3 aromatic rings. The van der Waals surface area contributed by atoms with Crippen molar-refractivity contribution in [3.05, 3.63) is 48.2 Å². The summed E-state index contributed by atoms with van der Waals surface area (Å²) in [5, 5.41) is 0. The number of nitrogens with zero attached hydrogens (tertiary/aromatic N) is 3. The van der Waals surface area contributed by atoms with Crippen LogP contribution in [-0.2, 0) is 29.6 Å². The SMILES string of the molecule is CC(C)OC(=O)C1(C)COC(C(N)=O)(c2nc(-c3ccc(F)cc3)c(-c3ccnc(OC(C)C)n3)[nH]2)OC1. The van der Waals surface area contributed by atoms with Crippen molar-refractivity contribution in [1.29, 1.82) is 0 Å². The van der Waals surface area contributed by atoms with Crippen molar-refractivity contribution in [2.75, 3.05) is 13.2 Å². The number of aromatic amines is 1. The van der Waals surface area contributed by atoms with Gasteiger partial charge in [0.25, 0.3) is 5.91 Å². The van der Waals surface area contributed by atoms with Crippen molar-refractivity contribution in [2.45, 2.75) is 52.6 Å². The second-order valence-electron chi connectivity index (χ2n) is 9.78. The van der Waals surface area contributed by atoms with Crippen molar-refractivity contribution >= 4 is 11.9 Å². The number of carbonyl (C=O) groups excluding carboxylic acids is 2. The highest BCUT2D eigenvalue weighted by Gasteiger charge is 2.54. The summed E-state index contributed by atoms with van der Waals surface area (Å²) in [5.41, 5.74) is 6.18. The number of rotatable bonds is 8. The van der Waals surface area contributed by atoms with Gasteiger partial charge in [0, 0.05) is 11.8 Å². The summed E-state index contributed by atoms with van der Waals surface area (Å²) in [6.45, 7) is 8.31. The Kier molecular flexibility index (Phi) is 7.47. The van der Waals surface area contributed by atoms with Gasteiger partial charge in [0.15, 0.2) is 5.82 Å². The molecule has 202 valence electrons. The first-order valence-corrected chi connectivity index (χ1v) is 12.1. The standard InChI is InChI=1S/C26H30FN5O6/c1-14(2)37-23(34)25(5)12-35-26(21(28)33,36-13-25)22-31-19(16-6-8-17(27)9-7-16)20(32-22)18-10-11-29-24(30-18)38-15(3)4/h6-11,14-15H,12-13H2,1-5H3,(H2,28,33)(H,31,32). The number of esters is 1. The van der Waals surface area contributed by atoms with Crippen molar-refractivity contribution in [2.24, 2.45) is 11.1 Å². The molecule has 38 heavy (non-hydrogen) atoms. The lowest BCUT2D eigenvalue weighted by Crippen LogP contribution is -2.56. The number of benzene rings is 1. The van der Waals surface area contributed by atoms with Gasteiger partial charge in [0.05, 0.1) is 42.5 Å². The molecule has 0 saturated carbocycles. The average molecular weight is 528 g/mol. The van der Waals surface area contributed by atoms with Gasteiger partial charge >= 0.3 is 17.8 Å². The Morgan fingerprint density at radius 2 is 1.71 bits per heavy atom. The van der Waals surface area contributed by atoms with Crippen molar-refractivity contribution < 1.29 is 32.9 Å². The maximum Gasteiger partial charge on any atom is 0.317 e. The maximum absolute atomic E-state index is 13.7. The summed E-state index contributed by atoms with van der Waals surface area (Å²) >= 11 is 0. The van der Waals surface area contributed by atoms with E-state index in [2.05, 4.69) is 19.9 Å². The number of primary amides is 1. The smallest absolute Gasteiger partial charge is 0.317 e. The van der Waals surface area contributed by atoms with Crippen LogP contribution in [0.25, 0.3) is 22.6 Å². The zero-order valence-corrected chi connectivity index (χ0v) is 21.8. The summed E-state index contributed by atoms with van der Waals surface area (Å²) in [6, 6.07) is 7.38. The number of nitrogens with two attached hydrogens (primary N) is 1. The molecule has 0 radical (unpaired) electrons. The second-order valence-corrected chi connectivity index (χ2v) is 9.78. The lowest BCUT2D eigenvalue weighted by atomic mass is 9.91. The fourth-order valence-electron chi connectivity index (χ4n) is 3.75. The molecule has 1 aliphatic rings. The van der Waals surface area contributed by atoms with Crippen molar-refractivity contribution in [3.63, 3.8) is 0 Å². The number of nitrogens with one attached hydrogen (secondary N) is 1. The molecule has 1 fully saturated rings. The Hall–Kier alpha value is -3.90. The number of amides is 1. The topological polar surface area (TPSA) is 152 Å². The van der Waals surface area contributed by atoms with Crippen LogP contribution >= 0.6 is 0 Å². The molecule has 12 heteroatoms. The predicted octanol–water partition coefficient (Wildman–Crippen LogP) is 3.10. The molecule has 0 aliphatic carbocycles. The van der Waals surface area contributed by atoms with Crippen LogP contribution in [0.3, 0.4) is 0 Å². The molecule has 3 N–H and O–H groups in total. The third-order valence-corrected chi connectivity index (χ3v) is 5.71. The van der Waals surface area contributed by atoms with E-state index in [-0.39, 0.29) is 37.3 Å². The zero-order valence-electron chi connectivity index (χ0n) is 21.8. The number of hydrogen-bond donors (Lipinski definition) is 2. The number of H-pyrrole nitrogens is 1. The molecule has 0 bridgehead atoms. The Morgan fingerprint density at radius 1 is 1.05 bits per heavy atom. The second kappa shape index (κ2) is 10.5. The van der Waals surface area contributed by atoms with Gasteiger partial charge in [-0.1, -0.05) is 0 Å². The minimum Gasteiger partial charge on any atom is -0.462 e. The van der Waals surface area contributed by atoms with Crippen LogP contribution in [-0.4, -0.2) is 57.2 Å². The molecule has 1 aliphatic heterocycles. The highest BCUT2D eigenvalue weighted by molar-refractivity contribution is 5.85. The third-order valence-electron chi connectivity index (χ3n) is 5.71. The predicted molar refractivity (Wildman–Crippen MR) is 133 cm³/mol. The van der Waals surface area contributed by atoms with E-state index in [1.54, 1.807) is 26.8 Å². The van der Waals surface area contributed by atoms with E-state index in [0.717, 1.165) is 0 Å². The first-order chi connectivity index (χ1) is 17.9. The van der Waals surface area contributed by atoms with E-state index in [1.165, 1.54) is 30.5 Å². The highest BCUT2D eigenvalue weighted by Crippen LogP contribution is 2.39. The van der Waals surface area contributed by atoms with E-state index >= 15 is 0 Å². The molecule has 1 aromatic carbocycles. The summed E-state index contributed by atoms with van der Waals surface area (Å²) in [7, 11) is 0. The van der Waals surface area contributed by atoms with E-state index in [4.69, 9.17) is 24.7 Å². The minimum atomic E-state index is -2.13. The van der Waals surface area contributed by atoms with Gasteiger partial charge in [-0.05, 0) is 65.0 Å². The fourth-order valence-corrected chi connectivity index (χ4v) is 3.75. The molecule has 0 atom stereocenters. The number of imidazole rings is 1. The lowest BCUT2D eigenvalue weighted by Gasteiger charge is -2.40. The molecule has 2 aromatic heterocycles. The fraction of sp³-hybridized carbons (Fsp3) is 0.423. The van der Waals surface area contributed by atoms with E-state index in [9.17, 15) is 14.0 Å². The van der Waals surface area contributed by atoms with Crippen LogP contribution in [0.15, 0.2) is 36.5 Å². The largest absolute Gasteiger partial charge is 0.462 e. The number of aromatic nitrogens is 4. The summed E-state index contributed by atoms with van der Waals surface area (Å²) in [6.07, 6.45) is 1.00. The Bertz CT molecular complexity index is 1320. The maximum atomic E-state index is 13.7. The van der Waals surface area contributed by atoms with Crippen LogP contribution < -0.4 is 10.5 Å². The third kappa shape index (κ3) is 5.36. The van der Waals surface area contributed by atoms with Gasteiger partial charge in [0.2, 0.25) is 0 Å². The minimum absolute atomic E-state index is 0.0662. The first kappa shape index (κ1) is 27.1. The van der Waals surface area contributed by atoms with Gasteiger partial charge < -0.3 is 29.7 Å². The Balaban J connectivity index is 1.78. The van der Waals surface area contributed by atoms with Crippen LogP contribution in [0, 0.1) is 11.2 Å². The monoisotopic (exact) mass is 527 g/mol. The van der Waals surface area contributed by atoms with E-state index < -0.39 is 28.9 Å². The number of ether oxygens (including phenoxy) is 4. The Morgan fingerprint density at radius 3 is 2.29 bits per heavy atom. The number of hydrogen-bond acceptors (Lipinski definition) is 9. The molecule has 11 nitrogen and oxygen atoms in total. The van der Waals surface area contributed by atoms with E-state index in [0.29, 0.717) is 22.6 Å².